The Labute approximate surface area is 231 Å². The molecular formula is C26H31BrF6N4O2. The first-order chi connectivity index (χ1) is 18.1. The number of nitrogens with zero attached hydrogens (tertiary/aromatic N) is 4. The lowest BCUT2D eigenvalue weighted by molar-refractivity contribution is -0.143. The average Bonchev–Trinajstić information content (AvgIpc) is 2.85. The van der Waals surface area contributed by atoms with Crippen molar-refractivity contribution in [3.8, 4) is 0 Å². The number of aromatic nitrogens is 2. The van der Waals surface area contributed by atoms with Crippen LogP contribution in [-0.4, -0.2) is 45.2 Å². The van der Waals surface area contributed by atoms with Gasteiger partial charge in [-0.15, -0.1) is 0 Å². The molecule has 0 aliphatic carbocycles. The number of rotatable bonds is 7. The van der Waals surface area contributed by atoms with Gasteiger partial charge in [0, 0.05) is 37.1 Å². The number of hydrogen-bond acceptors (Lipinski definition) is 5. The first-order valence-corrected chi connectivity index (χ1v) is 13.4. The molecule has 1 aromatic carbocycles. The molecule has 3 atom stereocenters. The molecule has 1 aromatic heterocycles. The van der Waals surface area contributed by atoms with Crippen molar-refractivity contribution in [1.82, 2.24) is 14.9 Å². The highest BCUT2D eigenvalue weighted by molar-refractivity contribution is 9.10. The van der Waals surface area contributed by atoms with Crippen molar-refractivity contribution in [3.05, 3.63) is 51.8 Å². The molecule has 2 heterocycles. The second-order valence-electron chi connectivity index (χ2n) is 9.83. The molecule has 39 heavy (non-hydrogen) atoms. The maximum absolute atomic E-state index is 13.5. The number of likely N-dealkylation sites (tertiary alicyclic amines) is 1. The van der Waals surface area contributed by atoms with Crippen LogP contribution in [0.25, 0.3) is 0 Å². The number of carbonyl (C=O) groups is 1. The van der Waals surface area contributed by atoms with Crippen molar-refractivity contribution in [2.24, 2.45) is 0 Å². The third kappa shape index (κ3) is 7.76. The molecule has 13 heteroatoms. The highest BCUT2D eigenvalue weighted by Gasteiger charge is 2.41. The summed E-state index contributed by atoms with van der Waals surface area (Å²) in [6, 6.07) is 0.682. The van der Waals surface area contributed by atoms with E-state index in [1.807, 2.05) is 13.8 Å². The highest BCUT2D eigenvalue weighted by atomic mass is 79.9. The summed E-state index contributed by atoms with van der Waals surface area (Å²) < 4.78 is 87.3. The first kappa shape index (κ1) is 31.0. The summed E-state index contributed by atoms with van der Waals surface area (Å²) in [7, 11) is 0. The van der Waals surface area contributed by atoms with Crippen LogP contribution >= 0.6 is 15.9 Å². The molecule has 0 bridgehead atoms. The van der Waals surface area contributed by atoms with Gasteiger partial charge in [-0.05, 0) is 79.2 Å². The van der Waals surface area contributed by atoms with E-state index in [1.165, 1.54) is 12.4 Å². The molecule has 1 unspecified atom stereocenters. The van der Waals surface area contributed by atoms with Crippen molar-refractivity contribution in [1.29, 1.82) is 0 Å². The molecule has 1 aliphatic rings. The molecule has 6 nitrogen and oxygen atoms in total. The van der Waals surface area contributed by atoms with Crippen LogP contribution in [0.3, 0.4) is 0 Å². The number of amides is 1. The van der Waals surface area contributed by atoms with E-state index in [0.717, 1.165) is 12.1 Å². The molecule has 0 spiro atoms. The van der Waals surface area contributed by atoms with Crippen molar-refractivity contribution in [2.45, 2.75) is 96.5 Å². The van der Waals surface area contributed by atoms with Crippen LogP contribution in [0.2, 0.25) is 0 Å². The minimum Gasteiger partial charge on any atom is -0.447 e. The Hall–Kier alpha value is -2.57. The number of halogens is 7. The molecule has 0 radical (unpaired) electrons. The fourth-order valence-corrected chi connectivity index (χ4v) is 5.12. The van der Waals surface area contributed by atoms with Gasteiger partial charge in [-0.3, -0.25) is 0 Å². The van der Waals surface area contributed by atoms with E-state index in [9.17, 15) is 31.1 Å². The molecule has 216 valence electrons. The van der Waals surface area contributed by atoms with Gasteiger partial charge < -0.3 is 14.5 Å². The lowest BCUT2D eigenvalue weighted by atomic mass is 9.87. The minimum atomic E-state index is -4.96. The topological polar surface area (TPSA) is 58.6 Å². The molecule has 1 fully saturated rings. The molecule has 0 saturated carbocycles. The van der Waals surface area contributed by atoms with Gasteiger partial charge in [0.15, 0.2) is 0 Å². The zero-order valence-corrected chi connectivity index (χ0v) is 23.6. The van der Waals surface area contributed by atoms with Gasteiger partial charge >= 0.3 is 18.4 Å². The van der Waals surface area contributed by atoms with Crippen molar-refractivity contribution >= 4 is 28.0 Å². The van der Waals surface area contributed by atoms with Crippen LogP contribution in [0.15, 0.2) is 35.1 Å². The van der Waals surface area contributed by atoms with Crippen LogP contribution in [0.4, 0.5) is 37.1 Å². The predicted molar refractivity (Wildman–Crippen MR) is 137 cm³/mol. The number of ether oxygens (including phenoxy) is 1. The Morgan fingerprint density at radius 3 is 1.90 bits per heavy atom. The lowest BCUT2D eigenvalue weighted by Crippen LogP contribution is -2.57. The molecular weight excluding hydrogens is 594 g/mol. The average molecular weight is 625 g/mol. The summed E-state index contributed by atoms with van der Waals surface area (Å²) in [6.07, 6.45) is -5.78. The summed E-state index contributed by atoms with van der Waals surface area (Å²) in [5.41, 5.74) is -2.94. The summed E-state index contributed by atoms with van der Waals surface area (Å²) in [5.74, 6) is 0.164. The lowest BCUT2D eigenvalue weighted by Gasteiger charge is -2.47. The van der Waals surface area contributed by atoms with Gasteiger partial charge in [-0.2, -0.15) is 26.3 Å². The quantitative estimate of drug-likeness (QED) is 0.294. The fraction of sp³-hybridized carbons (Fsp3) is 0.577. The van der Waals surface area contributed by atoms with Gasteiger partial charge in [0.25, 0.3) is 0 Å². The second-order valence-corrected chi connectivity index (χ2v) is 10.7. The van der Waals surface area contributed by atoms with E-state index in [4.69, 9.17) is 4.74 Å². The number of piperidine rings is 1. The summed E-state index contributed by atoms with van der Waals surface area (Å²) in [5, 5.41) is 0. The Bertz CT molecular complexity index is 1080. The van der Waals surface area contributed by atoms with Crippen molar-refractivity contribution in [3.63, 3.8) is 0 Å². The second kappa shape index (κ2) is 12.3. The van der Waals surface area contributed by atoms with Crippen LogP contribution in [0.5, 0.6) is 0 Å². The molecule has 1 amide bonds. The number of hydrogen-bond donors (Lipinski definition) is 0. The minimum absolute atomic E-state index is 0.114. The number of anilines is 1. The monoisotopic (exact) mass is 624 g/mol. The number of benzene rings is 1. The normalized spacial score (nSPS) is 20.3. The molecule has 2 aromatic rings. The number of alkyl halides is 6. The van der Waals surface area contributed by atoms with Crippen LogP contribution in [0.1, 0.15) is 70.1 Å². The maximum Gasteiger partial charge on any atom is 0.416 e. The van der Waals surface area contributed by atoms with Crippen LogP contribution in [0, 0.1) is 0 Å². The summed E-state index contributed by atoms with van der Waals surface area (Å²) in [6.45, 7) is 7.05. The third-order valence-electron chi connectivity index (χ3n) is 6.67. The van der Waals surface area contributed by atoms with Gasteiger partial charge in [0.2, 0.25) is 5.95 Å². The Morgan fingerprint density at radius 1 is 1.00 bits per heavy atom. The Morgan fingerprint density at radius 2 is 1.49 bits per heavy atom. The SMILES string of the molecule is CC[C@@H]1CC(N(Cc2cc(C(F)(F)F)cc(C(F)(F)F)c2)c2ncc(Br)cn2)C[C@H](CC)N1C(=O)OC(C)C. The maximum atomic E-state index is 13.5. The molecule has 1 saturated heterocycles. The van der Waals surface area contributed by atoms with E-state index in [1.54, 1.807) is 23.6 Å². The highest BCUT2D eigenvalue weighted by Crippen LogP contribution is 2.38. The smallest absolute Gasteiger partial charge is 0.416 e. The van der Waals surface area contributed by atoms with Crippen LogP contribution in [-0.2, 0) is 23.6 Å². The first-order valence-electron chi connectivity index (χ1n) is 12.6. The molecule has 3 rings (SSSR count). The summed E-state index contributed by atoms with van der Waals surface area (Å²) >= 11 is 3.25. The van der Waals surface area contributed by atoms with E-state index in [-0.39, 0.29) is 48.4 Å². The van der Waals surface area contributed by atoms with E-state index < -0.39 is 29.6 Å². The largest absolute Gasteiger partial charge is 0.447 e. The zero-order chi connectivity index (χ0) is 29.1. The van der Waals surface area contributed by atoms with E-state index in [0.29, 0.717) is 30.2 Å². The summed E-state index contributed by atoms with van der Waals surface area (Å²) in [4.78, 5) is 24.9. The molecule has 0 N–H and O–H groups in total. The van der Waals surface area contributed by atoms with E-state index in [2.05, 4.69) is 25.9 Å². The predicted octanol–water partition coefficient (Wildman–Crippen LogP) is 7.85. The van der Waals surface area contributed by atoms with Gasteiger partial charge in [0.1, 0.15) is 0 Å². The van der Waals surface area contributed by atoms with Gasteiger partial charge in [-0.25, -0.2) is 14.8 Å². The third-order valence-corrected chi connectivity index (χ3v) is 7.08. The zero-order valence-electron chi connectivity index (χ0n) is 22.0. The van der Waals surface area contributed by atoms with Gasteiger partial charge in [-0.1, -0.05) is 13.8 Å². The molecule has 1 aliphatic heterocycles. The van der Waals surface area contributed by atoms with Crippen LogP contribution < -0.4 is 4.90 Å². The fourth-order valence-electron chi connectivity index (χ4n) is 4.92. The van der Waals surface area contributed by atoms with Gasteiger partial charge in [0.05, 0.1) is 21.7 Å². The number of carbonyl (C=O) groups excluding carboxylic acids is 1. The standard InChI is InChI=1S/C26H31BrF6N4O2/c1-5-20-10-22(11-21(6-2)37(20)24(38)39-15(3)4)36(23-34-12-19(27)13-35-23)14-16-7-17(25(28,29)30)9-18(8-16)26(31,32)33/h7-9,12-13,15,20-22H,5-6,10-11,14H2,1-4H3/t20-,21+,22?. The Kier molecular flexibility index (Phi) is 9.77. The van der Waals surface area contributed by atoms with Crippen molar-refractivity contribution < 1.29 is 35.9 Å². The van der Waals surface area contributed by atoms with E-state index >= 15 is 0 Å². The van der Waals surface area contributed by atoms with Crippen molar-refractivity contribution in [2.75, 3.05) is 4.90 Å². The Balaban J connectivity index is 2.05.